The molecule has 1 aromatic heterocycles. The van der Waals surface area contributed by atoms with Crippen LogP contribution >= 0.6 is 72.4 Å². The van der Waals surface area contributed by atoms with Crippen LogP contribution in [0.1, 0.15) is 44.8 Å². The Kier molecular flexibility index (Phi) is 8.99. The number of nitrogens with one attached hydrogen (secondary N) is 1. The molecule has 0 saturated heterocycles. The average molecular weight is 797 g/mol. The lowest BCUT2D eigenvalue weighted by Crippen LogP contribution is -2.14. The average Bonchev–Trinajstić information content (AvgIpc) is 3.27. The van der Waals surface area contributed by atoms with Crippen molar-refractivity contribution in [1.82, 2.24) is 0 Å². The van der Waals surface area contributed by atoms with Crippen molar-refractivity contribution >= 4 is 95.3 Å². The van der Waals surface area contributed by atoms with Crippen molar-refractivity contribution in [3.05, 3.63) is 105 Å². The van der Waals surface area contributed by atoms with E-state index in [9.17, 15) is 4.79 Å². The number of ether oxygens (including phenoxy) is 1. The number of carbonyl (C=O) groups excluding carboxylic acids is 1. The quantitative estimate of drug-likeness (QED) is 0.150. The molecule has 1 heterocycles. The number of aliphatic imine (C=N–C) groups is 1. The van der Waals surface area contributed by atoms with Gasteiger partial charge in [0.1, 0.15) is 17.4 Å². The smallest absolute Gasteiger partial charge is 0.259 e. The van der Waals surface area contributed by atoms with Crippen molar-refractivity contribution in [3.8, 4) is 5.75 Å². The van der Waals surface area contributed by atoms with Crippen molar-refractivity contribution in [1.29, 1.82) is 0 Å². The minimum atomic E-state index is -0.0957. The fourth-order valence-electron chi connectivity index (χ4n) is 4.28. The predicted octanol–water partition coefficient (Wildman–Crippen LogP) is 9.18. The van der Waals surface area contributed by atoms with Gasteiger partial charge in [-0.25, -0.2) is 4.99 Å². The number of hydrogen-bond donors (Lipinski definition) is 1. The molecule has 1 aliphatic rings. The molecule has 1 aliphatic carbocycles. The highest BCUT2D eigenvalue weighted by atomic mass is 127. The highest BCUT2D eigenvalue weighted by Gasteiger charge is 2.25. The summed E-state index contributed by atoms with van der Waals surface area (Å²) in [6.07, 6.45) is 6.02. The van der Waals surface area contributed by atoms with Gasteiger partial charge in [-0.05, 0) is 118 Å². The Morgan fingerprint density at radius 2 is 1.81 bits per heavy atom. The molecule has 0 atom stereocenters. The first-order chi connectivity index (χ1) is 18.0. The first-order valence-corrected chi connectivity index (χ1v) is 15.7. The molecule has 4 nitrogen and oxygen atoms in total. The van der Waals surface area contributed by atoms with Gasteiger partial charge in [0.2, 0.25) is 0 Å². The fraction of sp³-hybridized carbons (Fsp3) is 0.172. The van der Waals surface area contributed by atoms with Crippen molar-refractivity contribution < 1.29 is 9.53 Å². The minimum Gasteiger partial charge on any atom is -0.487 e. The summed E-state index contributed by atoms with van der Waals surface area (Å²) in [7, 11) is 0. The monoisotopic (exact) mass is 796 g/mol. The van der Waals surface area contributed by atoms with E-state index in [0.29, 0.717) is 12.2 Å². The molecule has 37 heavy (non-hydrogen) atoms. The van der Waals surface area contributed by atoms with Gasteiger partial charge < -0.3 is 10.1 Å². The van der Waals surface area contributed by atoms with Gasteiger partial charge in [-0.2, -0.15) is 0 Å². The maximum Gasteiger partial charge on any atom is 0.259 e. The summed E-state index contributed by atoms with van der Waals surface area (Å²) < 4.78 is 9.45. The second-order valence-corrected chi connectivity index (χ2v) is 13.1. The van der Waals surface area contributed by atoms with Crippen LogP contribution in [0.4, 0.5) is 10.7 Å². The van der Waals surface area contributed by atoms with E-state index < -0.39 is 0 Å². The number of amides is 1. The van der Waals surface area contributed by atoms with Gasteiger partial charge in [-0.15, -0.1) is 11.3 Å². The lowest BCUT2D eigenvalue weighted by Gasteiger charge is -2.13. The van der Waals surface area contributed by atoms with Gasteiger partial charge in [0.25, 0.3) is 5.91 Å². The standard InChI is InChI=1S/C29H23BrI2N2O2S/c30-20-12-10-18(11-13-20)17-36-27-19(14-21(31)15-24(27)32)16-33-29-26(23-8-4-5-9-25(23)37-29)28(35)34-22-6-2-1-3-7-22/h1-3,6-7,10-16H,4-5,8-9,17H2,(H,34,35). The topological polar surface area (TPSA) is 50.7 Å². The zero-order chi connectivity index (χ0) is 25.8. The van der Waals surface area contributed by atoms with Gasteiger partial charge >= 0.3 is 0 Å². The van der Waals surface area contributed by atoms with Crippen LogP contribution in [0.2, 0.25) is 0 Å². The number of thiophene rings is 1. The third-order valence-electron chi connectivity index (χ3n) is 6.07. The zero-order valence-electron chi connectivity index (χ0n) is 19.8. The molecule has 0 radical (unpaired) electrons. The molecule has 0 aliphatic heterocycles. The van der Waals surface area contributed by atoms with E-state index in [-0.39, 0.29) is 5.91 Å². The van der Waals surface area contributed by atoms with Crippen LogP contribution in [0.3, 0.4) is 0 Å². The van der Waals surface area contributed by atoms with Crippen LogP contribution < -0.4 is 10.1 Å². The molecule has 0 spiro atoms. The number of rotatable bonds is 7. The molecule has 188 valence electrons. The van der Waals surface area contributed by atoms with Gasteiger partial charge in [-0.3, -0.25) is 4.79 Å². The summed E-state index contributed by atoms with van der Waals surface area (Å²) in [5.74, 6) is 0.700. The molecule has 8 heteroatoms. The van der Waals surface area contributed by atoms with Gasteiger partial charge in [0, 0.05) is 30.4 Å². The summed E-state index contributed by atoms with van der Waals surface area (Å²) in [6, 6.07) is 21.9. The number of fused-ring (bicyclic) bond motifs is 1. The van der Waals surface area contributed by atoms with Crippen LogP contribution in [0.15, 0.2) is 76.2 Å². The summed E-state index contributed by atoms with van der Waals surface area (Å²) in [5.41, 5.74) is 4.63. The second-order valence-electron chi connectivity index (χ2n) is 8.69. The van der Waals surface area contributed by atoms with Gasteiger partial charge in [0.05, 0.1) is 9.13 Å². The first-order valence-electron chi connectivity index (χ1n) is 11.9. The van der Waals surface area contributed by atoms with E-state index in [4.69, 9.17) is 9.73 Å². The second kappa shape index (κ2) is 12.4. The summed E-state index contributed by atoms with van der Waals surface area (Å²) in [4.78, 5) is 19.6. The number of aryl methyl sites for hydroxylation is 1. The largest absolute Gasteiger partial charge is 0.487 e. The number of halogens is 3. The first kappa shape index (κ1) is 26.8. The van der Waals surface area contributed by atoms with Crippen molar-refractivity contribution in [3.63, 3.8) is 0 Å². The van der Waals surface area contributed by atoms with E-state index in [2.05, 4.69) is 78.6 Å². The molecule has 1 amide bonds. The molecule has 1 N–H and O–H groups in total. The fourth-order valence-corrected chi connectivity index (χ4v) is 7.82. The van der Waals surface area contributed by atoms with E-state index in [0.717, 1.165) is 70.4 Å². The molecule has 0 fully saturated rings. The number of anilines is 1. The van der Waals surface area contributed by atoms with Gasteiger partial charge in [0.15, 0.2) is 0 Å². The zero-order valence-corrected chi connectivity index (χ0v) is 26.5. The van der Waals surface area contributed by atoms with E-state index >= 15 is 0 Å². The molecular formula is C29H23BrI2N2O2S. The Morgan fingerprint density at radius 1 is 1.05 bits per heavy atom. The van der Waals surface area contributed by atoms with E-state index in [1.807, 2.05) is 60.8 Å². The Morgan fingerprint density at radius 3 is 2.59 bits per heavy atom. The van der Waals surface area contributed by atoms with Crippen LogP contribution in [0.5, 0.6) is 5.75 Å². The summed E-state index contributed by atoms with van der Waals surface area (Å²) in [6.45, 7) is 0.461. The third-order valence-corrected chi connectivity index (χ3v) is 9.22. The molecular weight excluding hydrogens is 774 g/mol. The normalized spacial score (nSPS) is 12.9. The van der Waals surface area contributed by atoms with Crippen LogP contribution in [-0.2, 0) is 19.4 Å². The Balaban J connectivity index is 1.46. The Labute approximate surface area is 256 Å². The van der Waals surface area contributed by atoms with Gasteiger partial charge in [-0.1, -0.05) is 46.3 Å². The number of carbonyl (C=O) groups is 1. The Hall–Kier alpha value is -1.76. The molecule has 3 aromatic carbocycles. The number of para-hydroxylation sites is 1. The number of benzene rings is 3. The van der Waals surface area contributed by atoms with Crippen molar-refractivity contribution in [2.45, 2.75) is 32.3 Å². The summed E-state index contributed by atoms with van der Waals surface area (Å²) in [5, 5.41) is 3.83. The van der Waals surface area contributed by atoms with Crippen molar-refractivity contribution in [2.24, 2.45) is 4.99 Å². The molecule has 0 saturated carbocycles. The molecule has 5 rings (SSSR count). The predicted molar refractivity (Wildman–Crippen MR) is 173 cm³/mol. The van der Waals surface area contributed by atoms with E-state index in [1.165, 1.54) is 4.88 Å². The maximum atomic E-state index is 13.4. The highest BCUT2D eigenvalue weighted by molar-refractivity contribution is 14.1. The number of nitrogens with zero attached hydrogens (tertiary/aromatic N) is 1. The minimum absolute atomic E-state index is 0.0957. The molecule has 0 unspecified atom stereocenters. The SMILES string of the molecule is O=C(Nc1ccccc1)c1c(N=Cc2cc(I)cc(I)c2OCc2ccc(Br)cc2)sc2c1CCCC2. The number of hydrogen-bond acceptors (Lipinski definition) is 4. The highest BCUT2D eigenvalue weighted by Crippen LogP contribution is 2.40. The molecule has 0 bridgehead atoms. The van der Waals surface area contributed by atoms with Crippen LogP contribution in [-0.4, -0.2) is 12.1 Å². The molecule has 4 aromatic rings. The van der Waals surface area contributed by atoms with Crippen molar-refractivity contribution in [2.75, 3.05) is 5.32 Å². The Bertz CT molecular complexity index is 1450. The lowest BCUT2D eigenvalue weighted by atomic mass is 9.95. The van der Waals surface area contributed by atoms with E-state index in [1.54, 1.807) is 11.3 Å². The lowest BCUT2D eigenvalue weighted by molar-refractivity contribution is 0.102. The van der Waals surface area contributed by atoms with Crippen LogP contribution in [0.25, 0.3) is 0 Å². The maximum absolute atomic E-state index is 13.4. The third kappa shape index (κ3) is 6.63. The van der Waals surface area contributed by atoms with Crippen LogP contribution in [0, 0.1) is 7.14 Å². The summed E-state index contributed by atoms with van der Waals surface area (Å²) >= 11 is 9.75.